The average Bonchev–Trinajstić information content (AvgIpc) is 3.53. The molecule has 4 rings (SSSR count). The van der Waals surface area contributed by atoms with Crippen molar-refractivity contribution in [3.05, 3.63) is 54.0 Å². The molecule has 1 aromatic carbocycles. The molecule has 16 nitrogen and oxygen atoms in total. The third-order valence-electron chi connectivity index (χ3n) is 6.59. The van der Waals surface area contributed by atoms with Gasteiger partial charge in [-0.25, -0.2) is 14.1 Å². The van der Waals surface area contributed by atoms with E-state index in [4.69, 9.17) is 30.0 Å². The van der Waals surface area contributed by atoms with Gasteiger partial charge < -0.3 is 40.4 Å². The zero-order valence-corrected chi connectivity index (χ0v) is 23.9. The lowest BCUT2D eigenvalue weighted by molar-refractivity contribution is -0.143. The highest BCUT2D eigenvalue weighted by Crippen LogP contribution is 2.46. The van der Waals surface area contributed by atoms with E-state index in [1.165, 1.54) is 44.1 Å². The summed E-state index contributed by atoms with van der Waals surface area (Å²) < 4.78 is 41.7. The van der Waals surface area contributed by atoms with Gasteiger partial charge in [0, 0.05) is 0 Å². The summed E-state index contributed by atoms with van der Waals surface area (Å²) in [6.07, 6.45) is -3.58. The van der Waals surface area contributed by atoms with Crippen LogP contribution in [0.15, 0.2) is 42.7 Å². The molecule has 1 saturated heterocycles. The molecule has 0 radical (unpaired) electrons. The standard InChI is InChI=1S/C25H33N6O10P/c1-13(24(34)37-2)30-42(36,41-15-6-4-14(5-7-15)10-16(26)25(35)38-3)39-11-19-20(32)21(33)22(40-19)17-8-9-18-23(27)28-12-29-31(17)18/h4-9,12-13,16,19-22,32-33H,10-11,26H2,1-3H3,(H,30,36)(H2,27,28,29)/t13-,16-,19+,20+,21+,22-,42+/m0/s1. The van der Waals surface area contributed by atoms with Crippen molar-refractivity contribution in [2.45, 2.75) is 49.8 Å². The van der Waals surface area contributed by atoms with Crippen LogP contribution >= 0.6 is 7.75 Å². The minimum Gasteiger partial charge on any atom is -0.468 e. The summed E-state index contributed by atoms with van der Waals surface area (Å²) in [4.78, 5) is 27.6. The Balaban J connectivity index is 1.49. The number of ether oxygens (including phenoxy) is 3. The van der Waals surface area contributed by atoms with Gasteiger partial charge in [-0.1, -0.05) is 12.1 Å². The van der Waals surface area contributed by atoms with Gasteiger partial charge in [0.1, 0.15) is 54.1 Å². The number of nitrogens with two attached hydrogens (primary N) is 2. The number of nitrogens with one attached hydrogen (secondary N) is 1. The second-order valence-electron chi connectivity index (χ2n) is 9.51. The third-order valence-corrected chi connectivity index (χ3v) is 8.23. The Bertz CT molecular complexity index is 1450. The smallest absolute Gasteiger partial charge is 0.459 e. The predicted molar refractivity (Wildman–Crippen MR) is 146 cm³/mol. The first-order chi connectivity index (χ1) is 20.0. The number of carbonyl (C=O) groups is 2. The molecule has 2 aromatic heterocycles. The normalized spacial score (nSPS) is 23.2. The summed E-state index contributed by atoms with van der Waals surface area (Å²) in [5.41, 5.74) is 13.2. The number of fused-ring (bicyclic) bond motifs is 1. The number of aromatic nitrogens is 3. The van der Waals surface area contributed by atoms with Crippen LogP contribution < -0.4 is 21.1 Å². The highest BCUT2D eigenvalue weighted by Gasteiger charge is 2.46. The summed E-state index contributed by atoms with van der Waals surface area (Å²) in [5, 5.41) is 28.1. The van der Waals surface area contributed by atoms with Crippen molar-refractivity contribution in [3.8, 4) is 5.75 Å². The number of anilines is 1. The lowest BCUT2D eigenvalue weighted by Crippen LogP contribution is -2.37. The minimum absolute atomic E-state index is 0.0982. The molecule has 0 saturated carbocycles. The van der Waals surface area contributed by atoms with Crippen LogP contribution in [-0.4, -0.2) is 88.0 Å². The molecule has 7 N–H and O–H groups in total. The van der Waals surface area contributed by atoms with E-state index in [0.29, 0.717) is 16.8 Å². The van der Waals surface area contributed by atoms with E-state index in [1.807, 2.05) is 0 Å². The van der Waals surface area contributed by atoms with Gasteiger partial charge in [-0.05, 0) is 43.2 Å². The number of hydrogen-bond acceptors (Lipinski definition) is 14. The third kappa shape index (κ3) is 6.87. The van der Waals surface area contributed by atoms with Crippen molar-refractivity contribution in [2.24, 2.45) is 5.73 Å². The molecule has 7 atom stereocenters. The molecule has 0 unspecified atom stereocenters. The van der Waals surface area contributed by atoms with Crippen molar-refractivity contribution in [1.29, 1.82) is 0 Å². The van der Waals surface area contributed by atoms with Crippen molar-refractivity contribution >= 4 is 31.0 Å². The molecule has 3 aromatic rings. The van der Waals surface area contributed by atoms with E-state index in [1.54, 1.807) is 24.3 Å². The first kappa shape index (κ1) is 31.3. The van der Waals surface area contributed by atoms with Gasteiger partial charge in [0.05, 0.1) is 26.5 Å². The fraction of sp³-hybridized carbons (Fsp3) is 0.440. The molecular weight excluding hydrogens is 575 g/mol. The van der Waals surface area contributed by atoms with Gasteiger partial charge in [0.25, 0.3) is 0 Å². The van der Waals surface area contributed by atoms with Crippen molar-refractivity contribution < 1.29 is 47.6 Å². The molecule has 0 amide bonds. The Morgan fingerprint density at radius 1 is 1.12 bits per heavy atom. The molecule has 42 heavy (non-hydrogen) atoms. The summed E-state index contributed by atoms with van der Waals surface area (Å²) in [6, 6.07) is 7.46. The molecular formula is C25H33N6O10P. The van der Waals surface area contributed by atoms with Gasteiger partial charge in [0.15, 0.2) is 5.82 Å². The summed E-state index contributed by atoms with van der Waals surface area (Å²) >= 11 is 0. The Labute approximate surface area is 240 Å². The van der Waals surface area contributed by atoms with E-state index in [2.05, 4.69) is 19.9 Å². The van der Waals surface area contributed by atoms with Gasteiger partial charge in [0.2, 0.25) is 0 Å². The van der Waals surface area contributed by atoms with Gasteiger partial charge in [-0.3, -0.25) is 14.1 Å². The van der Waals surface area contributed by atoms with E-state index in [-0.39, 0.29) is 18.0 Å². The maximum atomic E-state index is 13.8. The van der Waals surface area contributed by atoms with Crippen LogP contribution in [-0.2, 0) is 39.3 Å². The van der Waals surface area contributed by atoms with Crippen LogP contribution in [0.3, 0.4) is 0 Å². The SMILES string of the molecule is COC(=O)[C@H](C)N[P@@](=O)(OC[C@H]1O[C@@H](c2ccc3c(N)ncnn23)[C@H](O)[C@@H]1O)Oc1ccc(C[C@H](N)C(=O)OC)cc1. The zero-order valence-electron chi connectivity index (χ0n) is 23.0. The number of nitrogen functional groups attached to an aromatic ring is 1. The maximum absolute atomic E-state index is 13.8. The van der Waals surface area contributed by atoms with Crippen LogP contribution in [0.4, 0.5) is 5.82 Å². The Morgan fingerprint density at radius 2 is 1.81 bits per heavy atom. The quantitative estimate of drug-likeness (QED) is 0.133. The van der Waals surface area contributed by atoms with Crippen molar-refractivity contribution in [3.63, 3.8) is 0 Å². The van der Waals surface area contributed by atoms with Gasteiger partial charge >= 0.3 is 19.7 Å². The monoisotopic (exact) mass is 608 g/mol. The number of rotatable bonds is 12. The predicted octanol–water partition coefficient (Wildman–Crippen LogP) is -0.129. The molecule has 0 aliphatic carbocycles. The van der Waals surface area contributed by atoms with Crippen LogP contribution in [0.2, 0.25) is 0 Å². The highest BCUT2D eigenvalue weighted by atomic mass is 31.2. The fourth-order valence-electron chi connectivity index (χ4n) is 4.36. The van der Waals surface area contributed by atoms with E-state index >= 15 is 0 Å². The fourth-order valence-corrected chi connectivity index (χ4v) is 5.86. The van der Waals surface area contributed by atoms with Crippen LogP contribution in [0, 0.1) is 0 Å². The molecule has 1 fully saturated rings. The summed E-state index contributed by atoms with van der Waals surface area (Å²) in [7, 11) is -1.91. The molecule has 0 spiro atoms. The first-order valence-corrected chi connectivity index (χ1v) is 14.3. The number of benzene rings is 1. The van der Waals surface area contributed by atoms with Crippen LogP contribution in [0.1, 0.15) is 24.3 Å². The molecule has 1 aliphatic heterocycles. The number of nitrogens with zero attached hydrogens (tertiary/aromatic N) is 3. The first-order valence-electron chi connectivity index (χ1n) is 12.8. The molecule has 1 aliphatic rings. The highest BCUT2D eigenvalue weighted by molar-refractivity contribution is 7.52. The number of esters is 2. The lowest BCUT2D eigenvalue weighted by Gasteiger charge is -2.24. The van der Waals surface area contributed by atoms with Crippen LogP contribution in [0.25, 0.3) is 5.52 Å². The number of methoxy groups -OCH3 is 2. The maximum Gasteiger partial charge on any atom is 0.459 e. The Hall–Kier alpha value is -3.63. The van der Waals surface area contributed by atoms with E-state index < -0.39 is 62.8 Å². The molecule has 0 bridgehead atoms. The number of carbonyl (C=O) groups excluding carboxylic acids is 2. The lowest BCUT2D eigenvalue weighted by atomic mass is 10.1. The Morgan fingerprint density at radius 3 is 2.48 bits per heavy atom. The van der Waals surface area contributed by atoms with E-state index in [0.717, 1.165) is 0 Å². The number of hydrogen-bond donors (Lipinski definition) is 5. The summed E-state index contributed by atoms with van der Waals surface area (Å²) in [5.74, 6) is -0.988. The molecule has 3 heterocycles. The summed E-state index contributed by atoms with van der Waals surface area (Å²) in [6.45, 7) is 0.897. The van der Waals surface area contributed by atoms with Gasteiger partial charge in [-0.2, -0.15) is 10.2 Å². The average molecular weight is 609 g/mol. The van der Waals surface area contributed by atoms with Gasteiger partial charge in [-0.15, -0.1) is 0 Å². The van der Waals surface area contributed by atoms with Crippen LogP contribution in [0.5, 0.6) is 5.75 Å². The number of aliphatic hydroxyl groups excluding tert-OH is 2. The topological polar surface area (TPSA) is 232 Å². The van der Waals surface area contributed by atoms with Crippen molar-refractivity contribution in [1.82, 2.24) is 19.7 Å². The molecule has 228 valence electrons. The second kappa shape index (κ2) is 13.1. The van der Waals surface area contributed by atoms with E-state index in [9.17, 15) is 24.4 Å². The second-order valence-corrected chi connectivity index (χ2v) is 11.2. The minimum atomic E-state index is -4.32. The largest absolute Gasteiger partial charge is 0.468 e. The Kier molecular flexibility index (Phi) is 9.78. The zero-order chi connectivity index (χ0) is 30.6. The molecule has 17 heteroatoms. The van der Waals surface area contributed by atoms with Crippen molar-refractivity contribution in [2.75, 3.05) is 26.6 Å². The number of aliphatic hydroxyl groups is 2.